The summed E-state index contributed by atoms with van der Waals surface area (Å²) in [5.74, 6) is -0.165. The Morgan fingerprint density at radius 3 is 2.61 bits per heavy atom. The van der Waals surface area contributed by atoms with Crippen LogP contribution in [0.25, 0.3) is 0 Å². The highest BCUT2D eigenvalue weighted by atomic mass is 16.4. The highest BCUT2D eigenvalue weighted by Crippen LogP contribution is 2.21. The number of carbonyl (C=O) groups is 2. The molecule has 18 heavy (non-hydrogen) atoms. The summed E-state index contributed by atoms with van der Waals surface area (Å²) in [6.45, 7) is 6.07. The summed E-state index contributed by atoms with van der Waals surface area (Å²) in [6.07, 6.45) is 4.53. The fraction of sp³-hybridized carbons (Fsp3) is 0.692. The molecule has 0 unspecified atom stereocenters. The summed E-state index contributed by atoms with van der Waals surface area (Å²) in [5.41, 5.74) is 0. The molecule has 0 aromatic rings. The molecule has 2 N–H and O–H groups in total. The fourth-order valence-electron chi connectivity index (χ4n) is 2.19. The Bertz CT molecular complexity index is 297. The minimum atomic E-state index is -0.734. The van der Waals surface area contributed by atoms with Crippen LogP contribution < -0.4 is 5.32 Å². The van der Waals surface area contributed by atoms with Crippen molar-refractivity contribution < 1.29 is 14.7 Å². The van der Waals surface area contributed by atoms with Gasteiger partial charge in [0.2, 0.25) is 5.91 Å². The molecule has 1 amide bonds. The zero-order valence-electron chi connectivity index (χ0n) is 10.7. The van der Waals surface area contributed by atoms with Gasteiger partial charge in [0, 0.05) is 26.1 Å². The molecule has 5 nitrogen and oxygen atoms in total. The van der Waals surface area contributed by atoms with E-state index in [0.717, 1.165) is 32.4 Å². The molecule has 1 aliphatic heterocycles. The monoisotopic (exact) mass is 254 g/mol. The zero-order chi connectivity index (χ0) is 13.4. The molecule has 0 aliphatic carbocycles. The lowest BCUT2D eigenvalue weighted by Gasteiger charge is -2.32. The highest BCUT2D eigenvalue weighted by Gasteiger charge is 2.22. The molecule has 0 radical (unpaired) electrons. The van der Waals surface area contributed by atoms with Gasteiger partial charge in [-0.15, -0.1) is 6.58 Å². The van der Waals surface area contributed by atoms with E-state index in [0.29, 0.717) is 19.0 Å². The molecule has 1 saturated heterocycles. The maximum Gasteiger partial charge on any atom is 0.303 e. The van der Waals surface area contributed by atoms with Crippen molar-refractivity contribution in [3.05, 3.63) is 12.7 Å². The van der Waals surface area contributed by atoms with Crippen molar-refractivity contribution in [1.29, 1.82) is 0 Å². The number of amides is 1. The van der Waals surface area contributed by atoms with Gasteiger partial charge in [-0.25, -0.2) is 0 Å². The largest absolute Gasteiger partial charge is 0.481 e. The van der Waals surface area contributed by atoms with Crippen LogP contribution in [0.3, 0.4) is 0 Å². The molecule has 1 aliphatic rings. The molecule has 0 bridgehead atoms. The van der Waals surface area contributed by atoms with E-state index in [-0.39, 0.29) is 12.3 Å². The highest BCUT2D eigenvalue weighted by molar-refractivity contribution is 5.78. The number of aliphatic carboxylic acids is 1. The first kappa shape index (κ1) is 14.7. The lowest BCUT2D eigenvalue weighted by atomic mass is 9.92. The normalized spacial score (nSPS) is 16.6. The lowest BCUT2D eigenvalue weighted by Crippen LogP contribution is -2.43. The molecule has 0 saturated carbocycles. The second kappa shape index (κ2) is 7.87. The quantitative estimate of drug-likeness (QED) is 0.522. The number of hydrogen-bond acceptors (Lipinski definition) is 3. The second-order valence-corrected chi connectivity index (χ2v) is 4.68. The third kappa shape index (κ3) is 5.31. The van der Waals surface area contributed by atoms with Crippen LogP contribution in [0.1, 0.15) is 25.7 Å². The van der Waals surface area contributed by atoms with Crippen LogP contribution in [0, 0.1) is 5.92 Å². The second-order valence-electron chi connectivity index (χ2n) is 4.68. The third-order valence-electron chi connectivity index (χ3n) is 3.30. The van der Waals surface area contributed by atoms with Crippen molar-refractivity contribution in [3.8, 4) is 0 Å². The minimum Gasteiger partial charge on any atom is -0.481 e. The maximum atomic E-state index is 11.8. The Morgan fingerprint density at radius 1 is 1.39 bits per heavy atom. The third-order valence-corrected chi connectivity index (χ3v) is 3.30. The van der Waals surface area contributed by atoms with Gasteiger partial charge in [0.1, 0.15) is 0 Å². The van der Waals surface area contributed by atoms with Gasteiger partial charge in [-0.2, -0.15) is 0 Å². The minimum absolute atomic E-state index is 0.119. The molecule has 0 aromatic carbocycles. The predicted molar refractivity (Wildman–Crippen MR) is 69.2 cm³/mol. The van der Waals surface area contributed by atoms with Crippen LogP contribution in [-0.2, 0) is 9.59 Å². The first-order valence-corrected chi connectivity index (χ1v) is 6.44. The van der Waals surface area contributed by atoms with Crippen molar-refractivity contribution in [3.63, 3.8) is 0 Å². The summed E-state index contributed by atoms with van der Waals surface area (Å²) in [5, 5.41) is 11.6. The Kier molecular flexibility index (Phi) is 6.43. The number of carboxylic acid groups (broad SMARTS) is 1. The smallest absolute Gasteiger partial charge is 0.303 e. The number of nitrogens with zero attached hydrogens (tertiary/aromatic N) is 1. The molecule has 0 aromatic heterocycles. The van der Waals surface area contributed by atoms with E-state index in [4.69, 9.17) is 5.11 Å². The van der Waals surface area contributed by atoms with Gasteiger partial charge in [0.05, 0.1) is 6.54 Å². The Balaban J connectivity index is 2.19. The van der Waals surface area contributed by atoms with Crippen LogP contribution in [-0.4, -0.2) is 48.1 Å². The maximum absolute atomic E-state index is 11.8. The number of nitrogens with one attached hydrogen (secondary N) is 1. The predicted octanol–water partition coefficient (Wildman–Crippen LogP) is 0.865. The van der Waals surface area contributed by atoms with E-state index in [9.17, 15) is 9.59 Å². The summed E-state index contributed by atoms with van der Waals surface area (Å²) < 4.78 is 0. The SMILES string of the molecule is C=CCNCC(=O)N1CCC(CCC(=O)O)CC1. The molecule has 102 valence electrons. The number of piperidine rings is 1. The van der Waals surface area contributed by atoms with E-state index in [1.165, 1.54) is 0 Å². The Labute approximate surface area is 108 Å². The van der Waals surface area contributed by atoms with Crippen molar-refractivity contribution in [2.45, 2.75) is 25.7 Å². The Morgan fingerprint density at radius 2 is 2.06 bits per heavy atom. The molecule has 5 heteroatoms. The zero-order valence-corrected chi connectivity index (χ0v) is 10.7. The Hall–Kier alpha value is -1.36. The van der Waals surface area contributed by atoms with E-state index in [1.54, 1.807) is 6.08 Å². The van der Waals surface area contributed by atoms with E-state index >= 15 is 0 Å². The molecular weight excluding hydrogens is 232 g/mol. The van der Waals surface area contributed by atoms with Gasteiger partial charge >= 0.3 is 5.97 Å². The van der Waals surface area contributed by atoms with E-state index in [2.05, 4.69) is 11.9 Å². The van der Waals surface area contributed by atoms with Crippen LogP contribution >= 0.6 is 0 Å². The molecule has 0 atom stereocenters. The van der Waals surface area contributed by atoms with Crippen LogP contribution in [0.5, 0.6) is 0 Å². The van der Waals surface area contributed by atoms with Crippen LogP contribution in [0.2, 0.25) is 0 Å². The van der Waals surface area contributed by atoms with E-state index < -0.39 is 5.97 Å². The average molecular weight is 254 g/mol. The van der Waals surface area contributed by atoms with Crippen molar-refractivity contribution >= 4 is 11.9 Å². The number of likely N-dealkylation sites (tertiary alicyclic amines) is 1. The summed E-state index contributed by atoms with van der Waals surface area (Å²) in [7, 11) is 0. The first-order valence-electron chi connectivity index (χ1n) is 6.44. The number of carboxylic acids is 1. The summed E-state index contributed by atoms with van der Waals surface area (Å²) in [6, 6.07) is 0. The van der Waals surface area contributed by atoms with Crippen molar-refractivity contribution in [2.75, 3.05) is 26.2 Å². The summed E-state index contributed by atoms with van der Waals surface area (Å²) in [4.78, 5) is 24.1. The lowest BCUT2D eigenvalue weighted by molar-refractivity contribution is -0.138. The van der Waals surface area contributed by atoms with Crippen molar-refractivity contribution in [1.82, 2.24) is 10.2 Å². The molecule has 1 rings (SSSR count). The van der Waals surface area contributed by atoms with Gasteiger partial charge in [-0.3, -0.25) is 9.59 Å². The number of carbonyl (C=O) groups excluding carboxylic acids is 1. The van der Waals surface area contributed by atoms with Gasteiger partial charge in [-0.1, -0.05) is 6.08 Å². The fourth-order valence-corrected chi connectivity index (χ4v) is 2.19. The van der Waals surface area contributed by atoms with Gasteiger partial charge < -0.3 is 15.3 Å². The molecular formula is C13H22N2O3. The molecule has 0 spiro atoms. The number of rotatable bonds is 7. The van der Waals surface area contributed by atoms with E-state index in [1.807, 2.05) is 4.90 Å². The molecule has 1 fully saturated rings. The average Bonchev–Trinajstić information content (AvgIpc) is 2.37. The molecule has 1 heterocycles. The van der Waals surface area contributed by atoms with Gasteiger partial charge in [0.15, 0.2) is 0 Å². The standard InChI is InChI=1S/C13H22N2O3/c1-2-7-14-10-12(16)15-8-5-11(6-9-15)3-4-13(17)18/h2,11,14H,1,3-10H2,(H,17,18). The van der Waals surface area contributed by atoms with Gasteiger partial charge in [-0.05, 0) is 25.2 Å². The van der Waals surface area contributed by atoms with Gasteiger partial charge in [0.25, 0.3) is 0 Å². The van der Waals surface area contributed by atoms with Crippen LogP contribution in [0.4, 0.5) is 0 Å². The van der Waals surface area contributed by atoms with Crippen molar-refractivity contribution in [2.24, 2.45) is 5.92 Å². The summed E-state index contributed by atoms with van der Waals surface area (Å²) >= 11 is 0. The first-order chi connectivity index (χ1) is 8.63. The number of hydrogen-bond donors (Lipinski definition) is 2. The topological polar surface area (TPSA) is 69.6 Å². The van der Waals surface area contributed by atoms with Crippen LogP contribution in [0.15, 0.2) is 12.7 Å².